The number of nitrogens with one attached hydrogen (secondary N) is 1. The Morgan fingerprint density at radius 1 is 0.897 bits per heavy atom. The second-order valence-corrected chi connectivity index (χ2v) is 6.90. The number of amides is 1. The normalized spacial score (nSPS) is 10.7. The van der Waals surface area contributed by atoms with Gasteiger partial charge in [-0.2, -0.15) is 5.10 Å². The van der Waals surface area contributed by atoms with Crippen LogP contribution in [0.3, 0.4) is 0 Å². The third-order valence-electron chi connectivity index (χ3n) is 3.76. The Morgan fingerprint density at radius 3 is 2.31 bits per heavy atom. The SMILES string of the molecule is O=C(COc1ccc(Cl)cc1)N/N=C\c1cccc(OCc2ccc(Cl)cc2)c1. The van der Waals surface area contributed by atoms with Crippen LogP contribution in [0.5, 0.6) is 11.5 Å². The molecule has 0 aromatic heterocycles. The van der Waals surface area contributed by atoms with Crippen molar-refractivity contribution in [2.45, 2.75) is 6.61 Å². The molecule has 0 heterocycles. The fourth-order valence-electron chi connectivity index (χ4n) is 2.32. The van der Waals surface area contributed by atoms with Gasteiger partial charge in [-0.1, -0.05) is 47.5 Å². The molecule has 0 saturated carbocycles. The molecule has 0 radical (unpaired) electrons. The van der Waals surface area contributed by atoms with Crippen LogP contribution >= 0.6 is 23.2 Å². The van der Waals surface area contributed by atoms with Gasteiger partial charge in [0.05, 0.1) is 6.21 Å². The summed E-state index contributed by atoms with van der Waals surface area (Å²) in [4.78, 5) is 11.8. The molecule has 7 heteroatoms. The van der Waals surface area contributed by atoms with Gasteiger partial charge in [0, 0.05) is 10.0 Å². The van der Waals surface area contributed by atoms with Crippen LogP contribution in [-0.2, 0) is 11.4 Å². The fraction of sp³-hybridized carbons (Fsp3) is 0.0909. The highest BCUT2D eigenvalue weighted by molar-refractivity contribution is 6.30. The Bertz CT molecular complexity index is 974. The van der Waals surface area contributed by atoms with Crippen molar-refractivity contribution in [3.05, 3.63) is 94.0 Å². The summed E-state index contributed by atoms with van der Waals surface area (Å²) >= 11 is 11.7. The first-order valence-corrected chi connectivity index (χ1v) is 9.52. The molecule has 3 aromatic carbocycles. The lowest BCUT2D eigenvalue weighted by molar-refractivity contribution is -0.123. The highest BCUT2D eigenvalue weighted by atomic mass is 35.5. The molecule has 0 aliphatic heterocycles. The van der Waals surface area contributed by atoms with E-state index in [1.165, 1.54) is 6.21 Å². The topological polar surface area (TPSA) is 59.9 Å². The van der Waals surface area contributed by atoms with Gasteiger partial charge >= 0.3 is 0 Å². The van der Waals surface area contributed by atoms with Crippen molar-refractivity contribution in [3.63, 3.8) is 0 Å². The van der Waals surface area contributed by atoms with Crippen molar-refractivity contribution in [1.29, 1.82) is 0 Å². The molecule has 3 aromatic rings. The standard InChI is InChI=1S/C22H18Cl2N2O3/c23-18-6-4-16(5-7-18)14-28-21-3-1-2-17(12-21)13-25-26-22(27)15-29-20-10-8-19(24)9-11-20/h1-13H,14-15H2,(H,26,27)/b25-13-. The number of nitrogens with zero attached hydrogens (tertiary/aromatic N) is 1. The van der Waals surface area contributed by atoms with E-state index in [2.05, 4.69) is 10.5 Å². The summed E-state index contributed by atoms with van der Waals surface area (Å²) in [6, 6.07) is 21.6. The molecule has 29 heavy (non-hydrogen) atoms. The molecule has 0 fully saturated rings. The molecular weight excluding hydrogens is 411 g/mol. The maximum absolute atomic E-state index is 11.8. The Morgan fingerprint density at radius 2 is 1.59 bits per heavy atom. The van der Waals surface area contributed by atoms with E-state index in [0.717, 1.165) is 11.1 Å². The van der Waals surface area contributed by atoms with Gasteiger partial charge in [0.25, 0.3) is 5.91 Å². The molecule has 1 N–H and O–H groups in total. The quantitative estimate of drug-likeness (QED) is 0.400. The zero-order valence-electron chi connectivity index (χ0n) is 15.3. The first kappa shape index (κ1) is 20.7. The lowest BCUT2D eigenvalue weighted by Gasteiger charge is -2.07. The zero-order chi connectivity index (χ0) is 20.5. The average molecular weight is 429 g/mol. The van der Waals surface area contributed by atoms with Gasteiger partial charge in [0.2, 0.25) is 0 Å². The van der Waals surface area contributed by atoms with E-state index in [9.17, 15) is 4.79 Å². The van der Waals surface area contributed by atoms with Crippen molar-refractivity contribution in [2.75, 3.05) is 6.61 Å². The van der Waals surface area contributed by atoms with E-state index < -0.39 is 0 Å². The Kier molecular flexibility index (Phi) is 7.50. The van der Waals surface area contributed by atoms with Gasteiger partial charge in [-0.05, 0) is 59.7 Å². The van der Waals surface area contributed by atoms with Crippen LogP contribution in [0.2, 0.25) is 10.0 Å². The number of hydrazone groups is 1. The Labute approximate surface area is 178 Å². The summed E-state index contributed by atoms with van der Waals surface area (Å²) in [6.45, 7) is 0.278. The maximum atomic E-state index is 11.8. The predicted molar refractivity (Wildman–Crippen MR) is 115 cm³/mol. The molecular formula is C22H18Cl2N2O3. The van der Waals surface area contributed by atoms with Gasteiger partial charge in [-0.25, -0.2) is 5.43 Å². The minimum atomic E-state index is -0.369. The number of carbonyl (C=O) groups excluding carboxylic acids is 1. The minimum absolute atomic E-state index is 0.150. The van der Waals surface area contributed by atoms with Crippen molar-refractivity contribution in [2.24, 2.45) is 5.10 Å². The molecule has 148 valence electrons. The number of carbonyl (C=O) groups is 1. The first-order chi connectivity index (χ1) is 14.1. The lowest BCUT2D eigenvalue weighted by atomic mass is 10.2. The number of hydrogen-bond donors (Lipinski definition) is 1. The summed E-state index contributed by atoms with van der Waals surface area (Å²) in [5.41, 5.74) is 4.23. The largest absolute Gasteiger partial charge is 0.489 e. The number of rotatable bonds is 8. The van der Waals surface area contributed by atoms with Gasteiger partial charge in [-0.3, -0.25) is 4.79 Å². The smallest absolute Gasteiger partial charge is 0.277 e. The fourth-order valence-corrected chi connectivity index (χ4v) is 2.57. The summed E-state index contributed by atoms with van der Waals surface area (Å²) in [5.74, 6) is 0.881. The van der Waals surface area contributed by atoms with Crippen LogP contribution in [-0.4, -0.2) is 18.7 Å². The second kappa shape index (κ2) is 10.5. The van der Waals surface area contributed by atoms with Crippen LogP contribution in [0.1, 0.15) is 11.1 Å². The highest BCUT2D eigenvalue weighted by Gasteiger charge is 2.02. The monoisotopic (exact) mass is 428 g/mol. The van der Waals surface area contributed by atoms with Crippen LogP contribution < -0.4 is 14.9 Å². The Hall–Kier alpha value is -3.02. The minimum Gasteiger partial charge on any atom is -0.489 e. The van der Waals surface area contributed by atoms with Crippen molar-refractivity contribution in [3.8, 4) is 11.5 Å². The summed E-state index contributed by atoms with van der Waals surface area (Å²) in [6.07, 6.45) is 1.54. The van der Waals surface area contributed by atoms with E-state index in [1.54, 1.807) is 24.3 Å². The zero-order valence-corrected chi connectivity index (χ0v) is 16.9. The molecule has 0 spiro atoms. The average Bonchev–Trinajstić information content (AvgIpc) is 2.73. The highest BCUT2D eigenvalue weighted by Crippen LogP contribution is 2.16. The molecule has 0 atom stereocenters. The third kappa shape index (κ3) is 7.14. The van der Waals surface area contributed by atoms with Crippen LogP contribution in [0.25, 0.3) is 0 Å². The predicted octanol–water partition coefficient (Wildman–Crippen LogP) is 5.10. The number of ether oxygens (including phenoxy) is 2. The molecule has 1 amide bonds. The van der Waals surface area contributed by atoms with Gasteiger partial charge in [0.1, 0.15) is 18.1 Å². The summed E-state index contributed by atoms with van der Waals surface area (Å²) in [5, 5.41) is 5.23. The van der Waals surface area contributed by atoms with Crippen LogP contribution in [0, 0.1) is 0 Å². The van der Waals surface area contributed by atoms with E-state index in [4.69, 9.17) is 32.7 Å². The van der Waals surface area contributed by atoms with Crippen molar-refractivity contribution >= 4 is 35.3 Å². The molecule has 0 saturated heterocycles. The maximum Gasteiger partial charge on any atom is 0.277 e. The Balaban J connectivity index is 1.46. The van der Waals surface area contributed by atoms with Crippen molar-refractivity contribution < 1.29 is 14.3 Å². The van der Waals surface area contributed by atoms with Crippen LogP contribution in [0.4, 0.5) is 0 Å². The van der Waals surface area contributed by atoms with Gasteiger partial charge in [-0.15, -0.1) is 0 Å². The number of hydrogen-bond acceptors (Lipinski definition) is 4. The number of halogens is 2. The molecule has 0 aliphatic carbocycles. The molecule has 0 bridgehead atoms. The van der Waals surface area contributed by atoms with E-state index in [0.29, 0.717) is 28.2 Å². The lowest BCUT2D eigenvalue weighted by Crippen LogP contribution is -2.24. The van der Waals surface area contributed by atoms with E-state index in [1.807, 2.05) is 48.5 Å². The summed E-state index contributed by atoms with van der Waals surface area (Å²) in [7, 11) is 0. The third-order valence-corrected chi connectivity index (χ3v) is 4.27. The molecule has 5 nitrogen and oxygen atoms in total. The van der Waals surface area contributed by atoms with Gasteiger partial charge < -0.3 is 9.47 Å². The molecule has 3 rings (SSSR count). The van der Waals surface area contributed by atoms with Gasteiger partial charge in [0.15, 0.2) is 6.61 Å². The molecule has 0 unspecified atom stereocenters. The molecule has 0 aliphatic rings. The summed E-state index contributed by atoms with van der Waals surface area (Å²) < 4.78 is 11.1. The second-order valence-electron chi connectivity index (χ2n) is 6.02. The number of benzene rings is 3. The van der Waals surface area contributed by atoms with E-state index >= 15 is 0 Å². The first-order valence-electron chi connectivity index (χ1n) is 8.76. The van der Waals surface area contributed by atoms with Crippen molar-refractivity contribution in [1.82, 2.24) is 5.43 Å². The van der Waals surface area contributed by atoms with Crippen LogP contribution in [0.15, 0.2) is 77.9 Å². The van der Waals surface area contributed by atoms with E-state index in [-0.39, 0.29) is 12.5 Å².